The molecule has 0 N–H and O–H groups in total. The fourth-order valence-corrected chi connectivity index (χ4v) is 4.27. The summed E-state index contributed by atoms with van der Waals surface area (Å²) in [5, 5.41) is 0. The van der Waals surface area contributed by atoms with E-state index in [0.29, 0.717) is 30.6 Å². The quantitative estimate of drug-likeness (QED) is 0.736. The van der Waals surface area contributed by atoms with Crippen molar-refractivity contribution in [3.05, 3.63) is 64.1 Å². The summed E-state index contributed by atoms with van der Waals surface area (Å²) >= 11 is 1.64. The fourth-order valence-electron chi connectivity index (χ4n) is 3.38. The Balaban J connectivity index is 1.22. The molecule has 2 aliphatic rings. The Labute approximate surface area is 163 Å². The highest BCUT2D eigenvalue weighted by molar-refractivity contribution is 7.99. The van der Waals surface area contributed by atoms with E-state index < -0.39 is 0 Å². The van der Waals surface area contributed by atoms with Crippen molar-refractivity contribution in [2.75, 3.05) is 18.8 Å². The Morgan fingerprint density at radius 3 is 2.59 bits per heavy atom. The SMILES string of the molecule is Cc1cc(OC2CN(C(=O)CSCc3ccccc3)C2)cc(=O)n1C1CC1. The molecule has 1 aliphatic carbocycles. The first-order valence-corrected chi connectivity index (χ1v) is 10.5. The van der Waals surface area contributed by atoms with E-state index in [1.807, 2.05) is 40.7 Å². The molecule has 1 aliphatic heterocycles. The molecule has 1 aromatic carbocycles. The van der Waals surface area contributed by atoms with Crippen LogP contribution in [-0.4, -0.2) is 40.3 Å². The zero-order valence-corrected chi connectivity index (χ0v) is 16.3. The summed E-state index contributed by atoms with van der Waals surface area (Å²) in [6.45, 7) is 3.14. The average molecular weight is 385 g/mol. The Morgan fingerprint density at radius 1 is 1.19 bits per heavy atom. The number of carbonyl (C=O) groups is 1. The molecule has 0 spiro atoms. The van der Waals surface area contributed by atoms with E-state index >= 15 is 0 Å². The number of aromatic nitrogens is 1. The summed E-state index contributed by atoms with van der Waals surface area (Å²) in [5.74, 6) is 2.09. The molecular formula is C21H24N2O3S. The van der Waals surface area contributed by atoms with Crippen LogP contribution < -0.4 is 10.3 Å². The number of amides is 1. The van der Waals surface area contributed by atoms with Gasteiger partial charge in [0.2, 0.25) is 5.91 Å². The number of pyridine rings is 1. The highest BCUT2D eigenvalue weighted by atomic mass is 32.2. The van der Waals surface area contributed by atoms with Gasteiger partial charge in [0.15, 0.2) is 0 Å². The number of rotatable bonds is 7. The summed E-state index contributed by atoms with van der Waals surface area (Å²) in [6.07, 6.45) is 2.15. The molecule has 0 atom stereocenters. The van der Waals surface area contributed by atoms with Gasteiger partial charge in [-0.2, -0.15) is 0 Å². The molecule has 5 nitrogen and oxygen atoms in total. The van der Waals surface area contributed by atoms with E-state index in [1.54, 1.807) is 17.8 Å². The second kappa shape index (κ2) is 7.80. The number of thioether (sulfide) groups is 1. The van der Waals surface area contributed by atoms with Crippen molar-refractivity contribution in [3.8, 4) is 5.75 Å². The number of likely N-dealkylation sites (tertiary alicyclic amines) is 1. The van der Waals surface area contributed by atoms with Crippen LogP contribution in [0.1, 0.15) is 30.1 Å². The maximum Gasteiger partial charge on any atom is 0.254 e. The van der Waals surface area contributed by atoms with Crippen molar-refractivity contribution >= 4 is 17.7 Å². The Bertz CT molecular complexity index is 871. The number of hydrogen-bond acceptors (Lipinski definition) is 4. The zero-order valence-electron chi connectivity index (χ0n) is 15.5. The topological polar surface area (TPSA) is 51.5 Å². The van der Waals surface area contributed by atoms with Crippen LogP contribution in [0.5, 0.6) is 5.75 Å². The fraction of sp³-hybridized carbons (Fsp3) is 0.429. The Hall–Kier alpha value is -2.21. The Morgan fingerprint density at radius 2 is 1.93 bits per heavy atom. The lowest BCUT2D eigenvalue weighted by Gasteiger charge is -2.39. The molecule has 2 aromatic rings. The predicted octanol–water partition coefficient (Wildman–Crippen LogP) is 3.01. The van der Waals surface area contributed by atoms with Crippen LogP contribution in [0.2, 0.25) is 0 Å². The lowest BCUT2D eigenvalue weighted by Crippen LogP contribution is -2.56. The number of hydrogen-bond donors (Lipinski definition) is 0. The first-order chi connectivity index (χ1) is 13.1. The third-order valence-corrected chi connectivity index (χ3v) is 5.98. The predicted molar refractivity (Wildman–Crippen MR) is 107 cm³/mol. The second-order valence-corrected chi connectivity index (χ2v) is 8.27. The van der Waals surface area contributed by atoms with Crippen LogP contribution in [0, 0.1) is 6.92 Å². The van der Waals surface area contributed by atoms with Crippen LogP contribution in [0.15, 0.2) is 47.3 Å². The van der Waals surface area contributed by atoms with Crippen molar-refractivity contribution in [3.63, 3.8) is 0 Å². The molecule has 1 saturated heterocycles. The standard InChI is InChI=1S/C21H24N2O3S/c1-15-9-18(10-20(24)23(15)17-7-8-17)26-19-11-22(12-19)21(25)14-27-13-16-5-3-2-4-6-16/h2-6,9-10,17,19H,7-8,11-14H2,1H3. The third-order valence-electron chi connectivity index (χ3n) is 4.99. The minimum Gasteiger partial charge on any atom is -0.486 e. The van der Waals surface area contributed by atoms with Gasteiger partial charge in [0.25, 0.3) is 5.56 Å². The van der Waals surface area contributed by atoms with Gasteiger partial charge in [-0.05, 0) is 31.4 Å². The molecule has 0 bridgehead atoms. The largest absolute Gasteiger partial charge is 0.486 e. The van der Waals surface area contributed by atoms with Gasteiger partial charge in [-0.25, -0.2) is 0 Å². The summed E-state index contributed by atoms with van der Waals surface area (Å²) in [4.78, 5) is 26.3. The average Bonchev–Trinajstić information content (AvgIpc) is 3.43. The third kappa shape index (κ3) is 4.38. The van der Waals surface area contributed by atoms with Crippen molar-refractivity contribution in [2.24, 2.45) is 0 Å². The van der Waals surface area contributed by atoms with Gasteiger partial charge < -0.3 is 14.2 Å². The van der Waals surface area contributed by atoms with Gasteiger partial charge >= 0.3 is 0 Å². The van der Waals surface area contributed by atoms with Crippen molar-refractivity contribution in [2.45, 2.75) is 37.7 Å². The number of benzene rings is 1. The summed E-state index contributed by atoms with van der Waals surface area (Å²) in [5.41, 5.74) is 2.19. The molecule has 2 heterocycles. The van der Waals surface area contributed by atoms with Gasteiger partial charge in [0, 0.05) is 23.6 Å². The maximum absolute atomic E-state index is 12.3. The monoisotopic (exact) mass is 384 g/mol. The molecule has 0 radical (unpaired) electrons. The van der Waals surface area contributed by atoms with Crippen LogP contribution in [-0.2, 0) is 10.5 Å². The van der Waals surface area contributed by atoms with Gasteiger partial charge in [-0.15, -0.1) is 11.8 Å². The van der Waals surface area contributed by atoms with Crippen LogP contribution in [0.3, 0.4) is 0 Å². The van der Waals surface area contributed by atoms with E-state index in [0.717, 1.165) is 24.3 Å². The summed E-state index contributed by atoms with van der Waals surface area (Å²) < 4.78 is 7.76. The highest BCUT2D eigenvalue weighted by Gasteiger charge is 2.32. The van der Waals surface area contributed by atoms with Crippen molar-refractivity contribution in [1.29, 1.82) is 0 Å². The van der Waals surface area contributed by atoms with Crippen LogP contribution >= 0.6 is 11.8 Å². The first kappa shape index (κ1) is 18.2. The van der Waals surface area contributed by atoms with E-state index in [2.05, 4.69) is 12.1 Å². The van der Waals surface area contributed by atoms with Gasteiger partial charge in [0.1, 0.15) is 11.9 Å². The molecule has 1 saturated carbocycles. The molecule has 1 amide bonds. The van der Waals surface area contributed by atoms with Crippen molar-refractivity contribution < 1.29 is 9.53 Å². The van der Waals surface area contributed by atoms with Gasteiger partial charge in [0.05, 0.1) is 18.8 Å². The summed E-state index contributed by atoms with van der Waals surface area (Å²) in [6, 6.07) is 14.0. The minimum absolute atomic E-state index is 0.0112. The zero-order chi connectivity index (χ0) is 18.8. The molecule has 6 heteroatoms. The van der Waals surface area contributed by atoms with Crippen molar-refractivity contribution in [1.82, 2.24) is 9.47 Å². The lowest BCUT2D eigenvalue weighted by atomic mass is 10.1. The number of carbonyl (C=O) groups excluding carboxylic acids is 1. The lowest BCUT2D eigenvalue weighted by molar-refractivity contribution is -0.137. The smallest absolute Gasteiger partial charge is 0.254 e. The molecular weight excluding hydrogens is 360 g/mol. The van der Waals surface area contributed by atoms with Crippen LogP contribution in [0.25, 0.3) is 0 Å². The second-order valence-electron chi connectivity index (χ2n) is 7.29. The van der Waals surface area contributed by atoms with E-state index in [-0.39, 0.29) is 17.6 Å². The normalized spacial score (nSPS) is 16.9. The molecule has 0 unspecified atom stereocenters. The number of nitrogens with zero attached hydrogens (tertiary/aromatic N) is 2. The molecule has 142 valence electrons. The Kier molecular flexibility index (Phi) is 5.25. The minimum atomic E-state index is -0.0244. The number of ether oxygens (including phenoxy) is 1. The molecule has 4 rings (SSSR count). The van der Waals surface area contributed by atoms with Crippen LogP contribution in [0.4, 0.5) is 0 Å². The maximum atomic E-state index is 12.3. The van der Waals surface area contributed by atoms with E-state index in [9.17, 15) is 9.59 Å². The summed E-state index contributed by atoms with van der Waals surface area (Å²) in [7, 11) is 0. The van der Waals surface area contributed by atoms with Gasteiger partial charge in [-0.3, -0.25) is 9.59 Å². The van der Waals surface area contributed by atoms with Gasteiger partial charge in [-0.1, -0.05) is 30.3 Å². The highest BCUT2D eigenvalue weighted by Crippen LogP contribution is 2.35. The van der Waals surface area contributed by atoms with E-state index in [1.165, 1.54) is 5.56 Å². The molecule has 1 aromatic heterocycles. The molecule has 27 heavy (non-hydrogen) atoms. The number of aryl methyl sites for hydroxylation is 1. The first-order valence-electron chi connectivity index (χ1n) is 9.39. The molecule has 2 fully saturated rings. The van der Waals surface area contributed by atoms with E-state index in [4.69, 9.17) is 4.74 Å².